The largest absolute Gasteiger partial charge is 0.398 e. The van der Waals surface area contributed by atoms with Gasteiger partial charge >= 0.3 is 0 Å². The SMILES string of the molecule is CCCNC(=O)CS(=O)c1cc(C)ccc1N. The van der Waals surface area contributed by atoms with Crippen molar-refractivity contribution in [3.05, 3.63) is 23.8 Å². The first-order chi connectivity index (χ1) is 8.04. The molecule has 0 aliphatic heterocycles. The van der Waals surface area contributed by atoms with Crippen LogP contribution in [0.2, 0.25) is 0 Å². The summed E-state index contributed by atoms with van der Waals surface area (Å²) >= 11 is 0. The molecule has 0 aromatic heterocycles. The summed E-state index contributed by atoms with van der Waals surface area (Å²) in [5.41, 5.74) is 7.19. The molecule has 1 amide bonds. The van der Waals surface area contributed by atoms with Gasteiger partial charge in [0.2, 0.25) is 5.91 Å². The van der Waals surface area contributed by atoms with E-state index in [4.69, 9.17) is 5.73 Å². The summed E-state index contributed by atoms with van der Waals surface area (Å²) in [5, 5.41) is 2.69. The second kappa shape index (κ2) is 6.39. The predicted octanol–water partition coefficient (Wildman–Crippen LogP) is 1.21. The van der Waals surface area contributed by atoms with Gasteiger partial charge in [0.05, 0.1) is 15.7 Å². The lowest BCUT2D eigenvalue weighted by molar-refractivity contribution is -0.118. The van der Waals surface area contributed by atoms with Gasteiger partial charge in [0.15, 0.2) is 0 Å². The number of hydrogen-bond acceptors (Lipinski definition) is 3. The quantitative estimate of drug-likeness (QED) is 0.776. The van der Waals surface area contributed by atoms with Crippen LogP contribution in [0.25, 0.3) is 0 Å². The Hall–Kier alpha value is -1.36. The Morgan fingerprint density at radius 3 is 2.82 bits per heavy atom. The van der Waals surface area contributed by atoms with Crippen molar-refractivity contribution < 1.29 is 9.00 Å². The molecule has 0 fully saturated rings. The van der Waals surface area contributed by atoms with Crippen LogP contribution in [-0.4, -0.2) is 22.4 Å². The maximum atomic E-state index is 12.0. The number of nitrogens with one attached hydrogen (secondary N) is 1. The van der Waals surface area contributed by atoms with Gasteiger partial charge in [-0.25, -0.2) is 0 Å². The Morgan fingerprint density at radius 2 is 2.18 bits per heavy atom. The van der Waals surface area contributed by atoms with Gasteiger partial charge in [-0.1, -0.05) is 13.0 Å². The first kappa shape index (κ1) is 13.7. The zero-order valence-corrected chi connectivity index (χ0v) is 11.0. The van der Waals surface area contributed by atoms with Gasteiger partial charge in [-0.3, -0.25) is 9.00 Å². The molecule has 0 heterocycles. The van der Waals surface area contributed by atoms with Crippen molar-refractivity contribution in [3.8, 4) is 0 Å². The molecule has 17 heavy (non-hydrogen) atoms. The van der Waals surface area contributed by atoms with E-state index in [1.54, 1.807) is 12.1 Å². The van der Waals surface area contributed by atoms with Crippen LogP contribution in [0.5, 0.6) is 0 Å². The fourth-order valence-electron chi connectivity index (χ4n) is 1.35. The van der Waals surface area contributed by atoms with Crippen molar-refractivity contribution in [1.82, 2.24) is 5.32 Å². The number of anilines is 1. The Labute approximate surface area is 104 Å². The number of carbonyl (C=O) groups excluding carboxylic acids is 1. The molecule has 0 aliphatic carbocycles. The lowest BCUT2D eigenvalue weighted by Gasteiger charge is -2.07. The van der Waals surface area contributed by atoms with E-state index >= 15 is 0 Å². The molecule has 0 saturated heterocycles. The molecule has 0 aliphatic rings. The molecular formula is C12H18N2O2S. The summed E-state index contributed by atoms with van der Waals surface area (Å²) in [6.45, 7) is 4.48. The van der Waals surface area contributed by atoms with Crippen LogP contribution in [0, 0.1) is 6.92 Å². The lowest BCUT2D eigenvalue weighted by atomic mass is 10.2. The van der Waals surface area contributed by atoms with Crippen molar-refractivity contribution >= 4 is 22.4 Å². The molecule has 1 atom stereocenters. The van der Waals surface area contributed by atoms with Crippen molar-refractivity contribution in [3.63, 3.8) is 0 Å². The normalized spacial score (nSPS) is 12.1. The van der Waals surface area contributed by atoms with Gasteiger partial charge in [-0.05, 0) is 31.0 Å². The van der Waals surface area contributed by atoms with E-state index < -0.39 is 10.8 Å². The smallest absolute Gasteiger partial charge is 0.233 e. The first-order valence-corrected chi connectivity index (χ1v) is 6.87. The average Bonchev–Trinajstić information content (AvgIpc) is 2.29. The van der Waals surface area contributed by atoms with E-state index in [0.717, 1.165) is 12.0 Å². The molecule has 1 aromatic carbocycles. The molecule has 5 heteroatoms. The van der Waals surface area contributed by atoms with Crippen LogP contribution >= 0.6 is 0 Å². The van der Waals surface area contributed by atoms with E-state index in [2.05, 4.69) is 5.32 Å². The number of aryl methyl sites for hydroxylation is 1. The molecule has 1 aromatic rings. The summed E-state index contributed by atoms with van der Waals surface area (Å²) in [4.78, 5) is 12.0. The zero-order valence-electron chi connectivity index (χ0n) is 10.2. The minimum Gasteiger partial charge on any atom is -0.398 e. The van der Waals surface area contributed by atoms with Crippen LogP contribution < -0.4 is 11.1 Å². The first-order valence-electron chi connectivity index (χ1n) is 5.55. The van der Waals surface area contributed by atoms with Crippen molar-refractivity contribution in [2.75, 3.05) is 18.0 Å². The molecule has 4 nitrogen and oxygen atoms in total. The van der Waals surface area contributed by atoms with Gasteiger partial charge in [0.25, 0.3) is 0 Å². The minimum absolute atomic E-state index is 0.0341. The fourth-order valence-corrected chi connectivity index (χ4v) is 2.49. The van der Waals surface area contributed by atoms with Gasteiger partial charge < -0.3 is 11.1 Å². The highest BCUT2D eigenvalue weighted by molar-refractivity contribution is 7.86. The van der Waals surface area contributed by atoms with Crippen LogP contribution in [0.15, 0.2) is 23.1 Å². The highest BCUT2D eigenvalue weighted by atomic mass is 32.2. The van der Waals surface area contributed by atoms with Gasteiger partial charge in [0.1, 0.15) is 5.75 Å². The second-order valence-corrected chi connectivity index (χ2v) is 5.30. The predicted molar refractivity (Wildman–Crippen MR) is 70.2 cm³/mol. The molecule has 94 valence electrons. The van der Waals surface area contributed by atoms with E-state index in [-0.39, 0.29) is 11.7 Å². The Bertz CT molecular complexity index is 433. The fraction of sp³-hybridized carbons (Fsp3) is 0.417. The van der Waals surface area contributed by atoms with Gasteiger partial charge in [0, 0.05) is 12.2 Å². The van der Waals surface area contributed by atoms with Crippen LogP contribution in [0.1, 0.15) is 18.9 Å². The molecular weight excluding hydrogens is 236 g/mol. The third kappa shape index (κ3) is 4.19. The standard InChI is InChI=1S/C12H18N2O2S/c1-3-6-14-12(15)8-17(16)11-7-9(2)4-5-10(11)13/h4-5,7H,3,6,8,13H2,1-2H3,(H,14,15). The van der Waals surface area contributed by atoms with Crippen LogP contribution in [-0.2, 0) is 15.6 Å². The number of rotatable bonds is 5. The maximum Gasteiger partial charge on any atom is 0.233 e. The Kier molecular flexibility index (Phi) is 5.15. The average molecular weight is 254 g/mol. The summed E-state index contributed by atoms with van der Waals surface area (Å²) in [6.07, 6.45) is 0.866. The summed E-state index contributed by atoms with van der Waals surface area (Å²) in [6, 6.07) is 5.33. The van der Waals surface area contributed by atoms with E-state index in [0.29, 0.717) is 17.1 Å². The number of nitrogens with two attached hydrogens (primary N) is 1. The lowest BCUT2D eigenvalue weighted by Crippen LogP contribution is -2.29. The number of hydrogen-bond donors (Lipinski definition) is 2. The highest BCUT2D eigenvalue weighted by Gasteiger charge is 2.12. The Morgan fingerprint density at radius 1 is 1.47 bits per heavy atom. The van der Waals surface area contributed by atoms with Gasteiger partial charge in [-0.15, -0.1) is 0 Å². The molecule has 0 saturated carbocycles. The highest BCUT2D eigenvalue weighted by Crippen LogP contribution is 2.17. The van der Waals surface area contributed by atoms with Crippen LogP contribution in [0.3, 0.4) is 0 Å². The summed E-state index contributed by atoms with van der Waals surface area (Å²) < 4.78 is 12.0. The number of nitrogen functional groups attached to an aromatic ring is 1. The van der Waals surface area contributed by atoms with Crippen molar-refractivity contribution in [1.29, 1.82) is 0 Å². The molecule has 1 rings (SSSR count). The van der Waals surface area contributed by atoms with E-state index in [1.165, 1.54) is 0 Å². The topological polar surface area (TPSA) is 72.2 Å². The molecule has 0 bridgehead atoms. The molecule has 3 N–H and O–H groups in total. The number of carbonyl (C=O) groups is 1. The number of benzene rings is 1. The molecule has 1 unspecified atom stereocenters. The van der Waals surface area contributed by atoms with E-state index in [1.807, 2.05) is 19.9 Å². The number of amides is 1. The van der Waals surface area contributed by atoms with E-state index in [9.17, 15) is 9.00 Å². The summed E-state index contributed by atoms with van der Waals surface area (Å²) in [7, 11) is -1.38. The maximum absolute atomic E-state index is 12.0. The summed E-state index contributed by atoms with van der Waals surface area (Å²) in [5.74, 6) is -0.237. The van der Waals surface area contributed by atoms with Crippen molar-refractivity contribution in [2.45, 2.75) is 25.2 Å². The van der Waals surface area contributed by atoms with Crippen LogP contribution in [0.4, 0.5) is 5.69 Å². The Balaban J connectivity index is 2.69. The third-order valence-corrected chi connectivity index (χ3v) is 3.62. The van der Waals surface area contributed by atoms with Gasteiger partial charge in [-0.2, -0.15) is 0 Å². The molecule has 0 radical (unpaired) electrons. The zero-order chi connectivity index (χ0) is 12.8. The third-order valence-electron chi connectivity index (χ3n) is 2.25. The molecule has 0 spiro atoms. The second-order valence-electron chi connectivity index (χ2n) is 3.88. The minimum atomic E-state index is -1.38. The monoisotopic (exact) mass is 254 g/mol. The van der Waals surface area contributed by atoms with Crippen molar-refractivity contribution in [2.24, 2.45) is 0 Å².